The predicted octanol–water partition coefficient (Wildman–Crippen LogP) is 1.67. The van der Waals surface area contributed by atoms with Crippen molar-refractivity contribution >= 4 is 23.2 Å². The summed E-state index contributed by atoms with van der Waals surface area (Å²) in [5, 5.41) is 12.2. The van der Waals surface area contributed by atoms with Crippen LogP contribution in [-0.4, -0.2) is 23.7 Å². The van der Waals surface area contributed by atoms with Gasteiger partial charge in [-0.15, -0.1) is 0 Å². The van der Waals surface area contributed by atoms with Gasteiger partial charge in [0, 0.05) is 5.69 Å². The Balaban J connectivity index is 2.90. The molecule has 1 rings (SSSR count). The normalized spacial score (nSPS) is 12.5. The molecule has 17 heavy (non-hydrogen) atoms. The standard InChI is InChI=1S/C12H17ClN2O2/c1-7(2)10(6-16)15-12(17)11-8(13)4-3-5-9(11)14/h3-5,7,10,16H,6,14H2,1-2H3,(H,15,17). The van der Waals surface area contributed by atoms with Crippen molar-refractivity contribution in [2.24, 2.45) is 5.92 Å². The van der Waals surface area contributed by atoms with E-state index in [-0.39, 0.29) is 30.0 Å². The van der Waals surface area contributed by atoms with Gasteiger partial charge in [0.15, 0.2) is 0 Å². The molecule has 0 radical (unpaired) electrons. The summed E-state index contributed by atoms with van der Waals surface area (Å²) in [6.07, 6.45) is 0. The number of nitrogens with one attached hydrogen (secondary N) is 1. The van der Waals surface area contributed by atoms with E-state index in [4.69, 9.17) is 22.4 Å². The molecule has 94 valence electrons. The number of rotatable bonds is 4. The molecule has 1 aromatic carbocycles. The predicted molar refractivity (Wildman–Crippen MR) is 69.0 cm³/mol. The molecule has 0 saturated heterocycles. The Morgan fingerprint density at radius 2 is 2.18 bits per heavy atom. The number of carbonyl (C=O) groups excluding carboxylic acids is 1. The molecule has 1 atom stereocenters. The van der Waals surface area contributed by atoms with Crippen molar-refractivity contribution in [2.75, 3.05) is 12.3 Å². The van der Waals surface area contributed by atoms with Crippen LogP contribution in [0.1, 0.15) is 24.2 Å². The lowest BCUT2D eigenvalue weighted by molar-refractivity contribution is 0.0898. The largest absolute Gasteiger partial charge is 0.398 e. The molecule has 0 saturated carbocycles. The number of aliphatic hydroxyl groups is 1. The maximum absolute atomic E-state index is 12.0. The van der Waals surface area contributed by atoms with E-state index in [1.54, 1.807) is 18.2 Å². The molecule has 4 N–H and O–H groups in total. The Kier molecular flexibility index (Phi) is 4.78. The molecular formula is C12H17ClN2O2. The molecule has 1 aromatic rings. The fourth-order valence-electron chi connectivity index (χ4n) is 1.44. The number of carbonyl (C=O) groups is 1. The van der Waals surface area contributed by atoms with E-state index in [0.29, 0.717) is 10.7 Å². The van der Waals surface area contributed by atoms with Gasteiger partial charge in [-0.3, -0.25) is 4.79 Å². The Labute approximate surface area is 106 Å². The number of nitrogen functional groups attached to an aromatic ring is 1. The van der Waals surface area contributed by atoms with Crippen LogP contribution < -0.4 is 11.1 Å². The summed E-state index contributed by atoms with van der Waals surface area (Å²) >= 11 is 5.93. The van der Waals surface area contributed by atoms with E-state index in [0.717, 1.165) is 0 Å². The smallest absolute Gasteiger partial charge is 0.255 e. The van der Waals surface area contributed by atoms with Gasteiger partial charge in [-0.2, -0.15) is 0 Å². The number of nitrogens with two attached hydrogens (primary N) is 1. The van der Waals surface area contributed by atoms with Gasteiger partial charge in [0.05, 0.1) is 23.2 Å². The third-order valence-corrected chi connectivity index (χ3v) is 2.91. The second-order valence-corrected chi connectivity index (χ2v) is 4.62. The monoisotopic (exact) mass is 256 g/mol. The molecular weight excluding hydrogens is 240 g/mol. The van der Waals surface area contributed by atoms with Gasteiger partial charge in [0.1, 0.15) is 0 Å². The third-order valence-electron chi connectivity index (χ3n) is 2.59. The van der Waals surface area contributed by atoms with Crippen molar-refractivity contribution in [3.05, 3.63) is 28.8 Å². The number of anilines is 1. The van der Waals surface area contributed by atoms with Gasteiger partial charge < -0.3 is 16.2 Å². The summed E-state index contributed by atoms with van der Waals surface area (Å²) in [6, 6.07) is 4.60. The minimum Gasteiger partial charge on any atom is -0.398 e. The molecule has 0 fully saturated rings. The van der Waals surface area contributed by atoms with Crippen molar-refractivity contribution in [3.63, 3.8) is 0 Å². The van der Waals surface area contributed by atoms with Crippen molar-refractivity contribution in [3.8, 4) is 0 Å². The van der Waals surface area contributed by atoms with Gasteiger partial charge in [-0.05, 0) is 18.1 Å². The van der Waals surface area contributed by atoms with Crippen molar-refractivity contribution in [1.82, 2.24) is 5.32 Å². The van der Waals surface area contributed by atoms with E-state index in [1.165, 1.54) is 0 Å². The van der Waals surface area contributed by atoms with Gasteiger partial charge in [0.25, 0.3) is 5.91 Å². The van der Waals surface area contributed by atoms with Gasteiger partial charge in [0.2, 0.25) is 0 Å². The van der Waals surface area contributed by atoms with E-state index in [2.05, 4.69) is 5.32 Å². The van der Waals surface area contributed by atoms with Gasteiger partial charge >= 0.3 is 0 Å². The molecule has 0 spiro atoms. The van der Waals surface area contributed by atoms with E-state index < -0.39 is 0 Å². The van der Waals surface area contributed by atoms with E-state index >= 15 is 0 Å². The minimum absolute atomic E-state index is 0.117. The summed E-state index contributed by atoms with van der Waals surface area (Å²) in [7, 11) is 0. The maximum atomic E-state index is 12.0. The number of benzene rings is 1. The first-order valence-corrected chi connectivity index (χ1v) is 5.80. The summed E-state index contributed by atoms with van der Waals surface area (Å²) in [4.78, 5) is 12.0. The molecule has 0 aliphatic heterocycles. The number of aliphatic hydroxyl groups excluding tert-OH is 1. The van der Waals surface area contributed by atoms with Crippen molar-refractivity contribution in [1.29, 1.82) is 0 Å². The lowest BCUT2D eigenvalue weighted by Gasteiger charge is -2.20. The molecule has 0 heterocycles. The van der Waals surface area contributed by atoms with Gasteiger partial charge in [-0.1, -0.05) is 31.5 Å². The highest BCUT2D eigenvalue weighted by Crippen LogP contribution is 2.22. The molecule has 1 amide bonds. The molecule has 0 bridgehead atoms. The zero-order valence-corrected chi connectivity index (χ0v) is 10.7. The Hall–Kier alpha value is -1.26. The fourth-order valence-corrected chi connectivity index (χ4v) is 1.71. The fraction of sp³-hybridized carbons (Fsp3) is 0.417. The average molecular weight is 257 g/mol. The molecule has 4 nitrogen and oxygen atoms in total. The zero-order valence-electron chi connectivity index (χ0n) is 9.90. The van der Waals surface area contributed by atoms with E-state index in [1.807, 2.05) is 13.8 Å². The Morgan fingerprint density at radius 1 is 1.53 bits per heavy atom. The zero-order chi connectivity index (χ0) is 13.0. The van der Waals surface area contributed by atoms with Crippen LogP contribution in [0.15, 0.2) is 18.2 Å². The quantitative estimate of drug-likeness (QED) is 0.718. The number of hydrogen-bond acceptors (Lipinski definition) is 3. The van der Waals surface area contributed by atoms with Crippen LogP contribution in [0.5, 0.6) is 0 Å². The second kappa shape index (κ2) is 5.89. The number of halogens is 1. The van der Waals surface area contributed by atoms with Crippen LogP contribution in [0, 0.1) is 5.92 Å². The highest BCUT2D eigenvalue weighted by atomic mass is 35.5. The summed E-state index contributed by atoms with van der Waals surface area (Å²) in [6.45, 7) is 3.71. The topological polar surface area (TPSA) is 75.3 Å². The first-order chi connectivity index (χ1) is 7.97. The first-order valence-electron chi connectivity index (χ1n) is 5.43. The highest BCUT2D eigenvalue weighted by molar-refractivity contribution is 6.34. The average Bonchev–Trinajstić information content (AvgIpc) is 2.25. The van der Waals surface area contributed by atoms with Crippen LogP contribution in [0.2, 0.25) is 5.02 Å². The minimum atomic E-state index is -0.360. The van der Waals surface area contributed by atoms with Crippen LogP contribution in [0.3, 0.4) is 0 Å². The number of hydrogen-bond donors (Lipinski definition) is 3. The van der Waals surface area contributed by atoms with Gasteiger partial charge in [-0.25, -0.2) is 0 Å². The summed E-state index contributed by atoms with van der Waals surface area (Å²) in [5.41, 5.74) is 6.29. The summed E-state index contributed by atoms with van der Waals surface area (Å²) < 4.78 is 0. The third kappa shape index (κ3) is 3.35. The second-order valence-electron chi connectivity index (χ2n) is 4.21. The molecule has 0 aliphatic rings. The SMILES string of the molecule is CC(C)C(CO)NC(=O)c1c(N)cccc1Cl. The van der Waals surface area contributed by atoms with Crippen LogP contribution >= 0.6 is 11.6 Å². The van der Waals surface area contributed by atoms with E-state index in [9.17, 15) is 4.79 Å². The Morgan fingerprint density at radius 3 is 2.65 bits per heavy atom. The lowest BCUT2D eigenvalue weighted by atomic mass is 10.0. The number of amides is 1. The molecule has 5 heteroatoms. The molecule has 0 aliphatic carbocycles. The molecule has 1 unspecified atom stereocenters. The molecule has 0 aromatic heterocycles. The van der Waals surface area contributed by atoms with Crippen molar-refractivity contribution < 1.29 is 9.90 Å². The highest BCUT2D eigenvalue weighted by Gasteiger charge is 2.19. The maximum Gasteiger partial charge on any atom is 0.255 e. The lowest BCUT2D eigenvalue weighted by Crippen LogP contribution is -2.41. The Bertz CT molecular complexity index is 387. The van der Waals surface area contributed by atoms with Crippen LogP contribution in [0.4, 0.5) is 5.69 Å². The van der Waals surface area contributed by atoms with Crippen molar-refractivity contribution in [2.45, 2.75) is 19.9 Å². The van der Waals surface area contributed by atoms with Crippen LogP contribution in [0.25, 0.3) is 0 Å². The summed E-state index contributed by atoms with van der Waals surface area (Å²) in [5.74, 6) is -0.228. The first kappa shape index (κ1) is 13.8. The van der Waals surface area contributed by atoms with Crippen LogP contribution in [-0.2, 0) is 0 Å².